The van der Waals surface area contributed by atoms with Crippen molar-refractivity contribution in [3.05, 3.63) is 12.2 Å². The largest absolute Gasteiger partial charge is 0.393 e. The van der Waals surface area contributed by atoms with Gasteiger partial charge < -0.3 is 5.11 Å². The van der Waals surface area contributed by atoms with Crippen molar-refractivity contribution in [3.8, 4) is 0 Å². The van der Waals surface area contributed by atoms with Gasteiger partial charge in [-0.15, -0.1) is 0 Å². The zero-order chi connectivity index (χ0) is 14.2. The third-order valence-corrected chi connectivity index (χ3v) is 3.92. The van der Waals surface area contributed by atoms with Crippen LogP contribution in [0.25, 0.3) is 0 Å². The van der Waals surface area contributed by atoms with E-state index in [0.717, 1.165) is 19.3 Å². The van der Waals surface area contributed by atoms with E-state index < -0.39 is 0 Å². The Hall–Kier alpha value is -0.300. The Morgan fingerprint density at radius 1 is 1.06 bits per heavy atom. The highest BCUT2D eigenvalue weighted by molar-refractivity contribution is 5.11. The van der Waals surface area contributed by atoms with Gasteiger partial charge in [-0.05, 0) is 18.3 Å². The van der Waals surface area contributed by atoms with Crippen LogP contribution in [0.1, 0.15) is 79.6 Å². The molecule has 0 radical (unpaired) electrons. The van der Waals surface area contributed by atoms with Crippen molar-refractivity contribution in [2.75, 3.05) is 0 Å². The maximum absolute atomic E-state index is 10.3. The van der Waals surface area contributed by atoms with Crippen LogP contribution in [0.3, 0.4) is 0 Å². The first-order chi connectivity index (χ1) is 8.34. The molecule has 1 nitrogen and oxygen atoms in total. The van der Waals surface area contributed by atoms with Crippen LogP contribution in [0.4, 0.5) is 0 Å². The molecule has 0 aromatic carbocycles. The van der Waals surface area contributed by atoms with Gasteiger partial charge in [0.15, 0.2) is 0 Å². The summed E-state index contributed by atoms with van der Waals surface area (Å²) in [7, 11) is 0. The zero-order valence-electron chi connectivity index (χ0n) is 13.3. The lowest BCUT2D eigenvalue weighted by Gasteiger charge is -2.32. The van der Waals surface area contributed by atoms with Crippen LogP contribution in [0.2, 0.25) is 0 Å². The fourth-order valence-corrected chi connectivity index (χ4v) is 2.47. The van der Waals surface area contributed by atoms with Crippen LogP contribution >= 0.6 is 0 Å². The average Bonchev–Trinajstić information content (AvgIpc) is 2.28. The molecule has 1 heteroatoms. The van der Waals surface area contributed by atoms with E-state index in [9.17, 15) is 5.11 Å². The van der Waals surface area contributed by atoms with Crippen molar-refractivity contribution >= 4 is 0 Å². The molecule has 0 spiro atoms. The number of unbranched alkanes of at least 4 members (excludes halogenated alkanes) is 4. The molecular formula is C17H34O. The number of aliphatic hydroxyl groups excluding tert-OH is 1. The summed E-state index contributed by atoms with van der Waals surface area (Å²) in [6.45, 7) is 15.2. The lowest BCUT2D eigenvalue weighted by atomic mass is 9.75. The van der Waals surface area contributed by atoms with Crippen LogP contribution in [0.5, 0.6) is 0 Å². The molecule has 0 unspecified atom stereocenters. The maximum atomic E-state index is 10.3. The highest BCUT2D eigenvalue weighted by Crippen LogP contribution is 2.34. The molecule has 108 valence electrons. The van der Waals surface area contributed by atoms with Gasteiger partial charge in [0.2, 0.25) is 0 Å². The van der Waals surface area contributed by atoms with Gasteiger partial charge in [0.25, 0.3) is 0 Å². The molecule has 0 aliphatic heterocycles. The highest BCUT2D eigenvalue weighted by Gasteiger charge is 2.27. The van der Waals surface area contributed by atoms with Crippen LogP contribution < -0.4 is 0 Å². The van der Waals surface area contributed by atoms with Crippen LogP contribution in [-0.2, 0) is 0 Å². The second kappa shape index (κ2) is 8.74. The molecule has 0 amide bonds. The van der Waals surface area contributed by atoms with Gasteiger partial charge in [-0.25, -0.2) is 0 Å². The fourth-order valence-electron chi connectivity index (χ4n) is 2.47. The monoisotopic (exact) mass is 254 g/mol. The first-order valence-corrected chi connectivity index (χ1v) is 7.71. The Kier molecular flexibility index (Phi) is 8.60. The van der Waals surface area contributed by atoms with Crippen molar-refractivity contribution < 1.29 is 5.11 Å². The summed E-state index contributed by atoms with van der Waals surface area (Å²) < 4.78 is 0. The fraction of sp³-hybridized carbons (Fsp3) is 0.882. The van der Waals surface area contributed by atoms with E-state index in [1.165, 1.54) is 31.3 Å². The van der Waals surface area contributed by atoms with Crippen LogP contribution in [0.15, 0.2) is 12.2 Å². The van der Waals surface area contributed by atoms with E-state index in [2.05, 4.69) is 41.2 Å². The summed E-state index contributed by atoms with van der Waals surface area (Å²) in [6.07, 6.45) is 8.02. The molecule has 0 aromatic rings. The predicted octanol–water partition coefficient (Wildman–Crippen LogP) is 5.34. The van der Waals surface area contributed by atoms with E-state index in [1.54, 1.807) is 0 Å². The molecule has 18 heavy (non-hydrogen) atoms. The van der Waals surface area contributed by atoms with Gasteiger partial charge in [0.1, 0.15) is 0 Å². The quantitative estimate of drug-likeness (QED) is 0.435. The first-order valence-electron chi connectivity index (χ1n) is 7.71. The smallest absolute Gasteiger partial charge is 0.0605 e. The van der Waals surface area contributed by atoms with E-state index in [1.807, 2.05) is 0 Å². The Labute approximate surface area is 115 Å². The van der Waals surface area contributed by atoms with Gasteiger partial charge in [-0.2, -0.15) is 0 Å². The molecule has 0 fully saturated rings. The number of rotatable bonds is 9. The topological polar surface area (TPSA) is 20.2 Å². The van der Waals surface area contributed by atoms with Gasteiger partial charge >= 0.3 is 0 Å². The maximum Gasteiger partial charge on any atom is 0.0605 e. The molecule has 0 aliphatic carbocycles. The standard InChI is InChI=1S/C17H34O/c1-7-9-10-11-12-13-16(18)15(8-2)14(3)17(4,5)6/h15-16,18H,3,7-13H2,1-2,4-6H3/t15-,16+/m1/s1. The molecule has 1 N–H and O–H groups in total. The van der Waals surface area contributed by atoms with Crippen LogP contribution in [-0.4, -0.2) is 11.2 Å². The second-order valence-electron chi connectivity index (χ2n) is 6.56. The first kappa shape index (κ1) is 17.7. The summed E-state index contributed by atoms with van der Waals surface area (Å²) in [4.78, 5) is 0. The molecule has 0 aromatic heterocycles. The second-order valence-corrected chi connectivity index (χ2v) is 6.56. The SMILES string of the molecule is C=C([C@@H](CC)[C@@H](O)CCCCCCC)C(C)(C)C. The van der Waals surface area contributed by atoms with Gasteiger partial charge in [0.05, 0.1) is 6.10 Å². The van der Waals surface area contributed by atoms with Crippen molar-refractivity contribution in [1.29, 1.82) is 0 Å². The number of hydrogen-bond donors (Lipinski definition) is 1. The van der Waals surface area contributed by atoms with Crippen LogP contribution in [0, 0.1) is 11.3 Å². The van der Waals surface area contributed by atoms with Crippen molar-refractivity contribution in [2.45, 2.75) is 85.7 Å². The van der Waals surface area contributed by atoms with E-state index >= 15 is 0 Å². The lowest BCUT2D eigenvalue weighted by Crippen LogP contribution is -2.27. The Bertz CT molecular complexity index is 224. The summed E-state index contributed by atoms with van der Waals surface area (Å²) >= 11 is 0. The molecule has 0 heterocycles. The molecule has 2 atom stereocenters. The van der Waals surface area contributed by atoms with Crippen molar-refractivity contribution in [3.63, 3.8) is 0 Å². The minimum absolute atomic E-state index is 0.101. The lowest BCUT2D eigenvalue weighted by molar-refractivity contribution is 0.101. The molecule has 0 aliphatic rings. The molecule has 0 bridgehead atoms. The van der Waals surface area contributed by atoms with Gasteiger partial charge in [-0.1, -0.05) is 78.9 Å². The predicted molar refractivity (Wildman–Crippen MR) is 81.8 cm³/mol. The molecule has 0 rings (SSSR count). The molecule has 0 saturated carbocycles. The molecular weight excluding hydrogens is 220 g/mol. The van der Waals surface area contributed by atoms with E-state index in [-0.39, 0.29) is 17.4 Å². The number of hydrogen-bond acceptors (Lipinski definition) is 1. The minimum atomic E-state index is -0.205. The zero-order valence-corrected chi connectivity index (χ0v) is 13.3. The summed E-state index contributed by atoms with van der Waals surface area (Å²) in [6, 6.07) is 0. The average molecular weight is 254 g/mol. The third-order valence-electron chi connectivity index (χ3n) is 3.92. The van der Waals surface area contributed by atoms with Gasteiger partial charge in [0, 0.05) is 5.92 Å². The Balaban J connectivity index is 4.11. The third kappa shape index (κ3) is 6.58. The summed E-state index contributed by atoms with van der Waals surface area (Å²) in [5.74, 6) is 0.260. The van der Waals surface area contributed by atoms with Crippen molar-refractivity contribution in [1.82, 2.24) is 0 Å². The minimum Gasteiger partial charge on any atom is -0.393 e. The highest BCUT2D eigenvalue weighted by atomic mass is 16.3. The molecule has 0 saturated heterocycles. The Morgan fingerprint density at radius 3 is 2.06 bits per heavy atom. The normalized spacial score (nSPS) is 15.4. The van der Waals surface area contributed by atoms with E-state index in [4.69, 9.17) is 0 Å². The van der Waals surface area contributed by atoms with E-state index in [0.29, 0.717) is 0 Å². The summed E-state index contributed by atoms with van der Waals surface area (Å²) in [5, 5.41) is 10.3. The van der Waals surface area contributed by atoms with Gasteiger partial charge in [-0.3, -0.25) is 0 Å². The van der Waals surface area contributed by atoms with Crippen molar-refractivity contribution in [2.24, 2.45) is 11.3 Å². The summed E-state index contributed by atoms with van der Waals surface area (Å²) in [5.41, 5.74) is 1.30. The number of aliphatic hydroxyl groups is 1. The Morgan fingerprint density at radius 2 is 1.61 bits per heavy atom.